The second-order valence-corrected chi connectivity index (χ2v) is 9.39. The number of aromatic nitrogens is 4. The van der Waals surface area contributed by atoms with Crippen molar-refractivity contribution in [2.45, 2.75) is 6.92 Å². The maximum atomic E-state index is 15.1. The number of halogens is 1. The highest BCUT2D eigenvalue weighted by Gasteiger charge is 2.19. The fourth-order valence-corrected chi connectivity index (χ4v) is 4.68. The summed E-state index contributed by atoms with van der Waals surface area (Å²) in [6.07, 6.45) is 3.76. The van der Waals surface area contributed by atoms with Crippen molar-refractivity contribution in [2.75, 3.05) is 43.4 Å². The lowest BCUT2D eigenvalue weighted by Crippen LogP contribution is -2.45. The molecule has 37 heavy (non-hydrogen) atoms. The number of benzene rings is 2. The van der Waals surface area contributed by atoms with Gasteiger partial charge in [-0.3, -0.25) is 9.20 Å². The molecule has 9 heteroatoms. The number of rotatable bonds is 4. The van der Waals surface area contributed by atoms with Crippen molar-refractivity contribution < 1.29 is 9.18 Å². The number of likely N-dealkylation sites (N-methyl/N-ethyl adjacent to an activating group) is 1. The second-order valence-electron chi connectivity index (χ2n) is 9.39. The summed E-state index contributed by atoms with van der Waals surface area (Å²) < 4.78 is 17.1. The van der Waals surface area contributed by atoms with Gasteiger partial charge in [0.1, 0.15) is 11.5 Å². The Balaban J connectivity index is 1.37. The van der Waals surface area contributed by atoms with Gasteiger partial charge in [-0.15, -0.1) is 0 Å². The van der Waals surface area contributed by atoms with Crippen molar-refractivity contribution in [3.63, 3.8) is 0 Å². The number of piperazine rings is 1. The largest absolute Gasteiger partial charge is 0.338 e. The standard InChI is InChI=1S/C28H26FN7O/c1-18-17-36-25-21(16-30-28(33-25)35-12-10-34(2)11-13-35)14-22(26(36)31-18)20-8-9-24(23(29)15-20)32-27(37)19-6-4-3-5-7-19/h3-9,14-17H,10-13H2,1-2H3,(H,32,37). The van der Waals surface area contributed by atoms with Crippen LogP contribution in [0.3, 0.4) is 0 Å². The second kappa shape index (κ2) is 9.25. The van der Waals surface area contributed by atoms with Gasteiger partial charge in [-0.05, 0) is 49.9 Å². The highest BCUT2D eigenvalue weighted by Crippen LogP contribution is 2.31. The third-order valence-corrected chi connectivity index (χ3v) is 6.73. The molecule has 8 nitrogen and oxygen atoms in total. The molecule has 1 aliphatic rings. The molecule has 0 saturated carbocycles. The minimum atomic E-state index is -0.523. The number of nitrogens with zero attached hydrogens (tertiary/aromatic N) is 6. The van der Waals surface area contributed by atoms with E-state index < -0.39 is 5.82 Å². The summed E-state index contributed by atoms with van der Waals surface area (Å²) in [5, 5.41) is 3.49. The average Bonchev–Trinajstić information content (AvgIpc) is 3.31. The van der Waals surface area contributed by atoms with Gasteiger partial charge < -0.3 is 15.1 Å². The van der Waals surface area contributed by atoms with Gasteiger partial charge >= 0.3 is 0 Å². The van der Waals surface area contributed by atoms with Crippen molar-refractivity contribution in [2.24, 2.45) is 0 Å². The molecule has 0 unspecified atom stereocenters. The molecule has 1 saturated heterocycles. The molecule has 5 aromatic rings. The molecule has 1 fully saturated rings. The van der Waals surface area contributed by atoms with E-state index in [2.05, 4.69) is 27.1 Å². The number of aryl methyl sites for hydroxylation is 1. The summed E-state index contributed by atoms with van der Waals surface area (Å²) in [7, 11) is 2.12. The van der Waals surface area contributed by atoms with Crippen LogP contribution in [0, 0.1) is 12.7 Å². The number of pyridine rings is 1. The van der Waals surface area contributed by atoms with Gasteiger partial charge in [0.25, 0.3) is 5.91 Å². The van der Waals surface area contributed by atoms with Crippen LogP contribution in [0.25, 0.3) is 27.8 Å². The van der Waals surface area contributed by atoms with E-state index >= 15 is 4.39 Å². The van der Waals surface area contributed by atoms with Crippen molar-refractivity contribution in [3.8, 4) is 11.1 Å². The van der Waals surface area contributed by atoms with Crippen LogP contribution in [-0.2, 0) is 0 Å². The Morgan fingerprint density at radius 3 is 2.51 bits per heavy atom. The van der Waals surface area contributed by atoms with Crippen LogP contribution in [0.15, 0.2) is 67.0 Å². The number of carbonyl (C=O) groups is 1. The molecular weight excluding hydrogens is 469 g/mol. The quantitative estimate of drug-likeness (QED) is 0.398. The molecule has 6 rings (SSSR count). The van der Waals surface area contributed by atoms with Crippen LogP contribution < -0.4 is 10.2 Å². The lowest BCUT2D eigenvalue weighted by molar-refractivity contribution is 0.102. The van der Waals surface area contributed by atoms with E-state index in [9.17, 15) is 4.79 Å². The van der Waals surface area contributed by atoms with Crippen LogP contribution in [0.5, 0.6) is 0 Å². The number of anilines is 2. The topological polar surface area (TPSA) is 78.7 Å². The smallest absolute Gasteiger partial charge is 0.255 e. The van der Waals surface area contributed by atoms with Gasteiger partial charge in [-0.25, -0.2) is 14.4 Å². The van der Waals surface area contributed by atoms with E-state index in [-0.39, 0.29) is 11.6 Å². The Morgan fingerprint density at radius 2 is 1.76 bits per heavy atom. The zero-order chi connectivity index (χ0) is 25.5. The monoisotopic (exact) mass is 495 g/mol. The zero-order valence-electron chi connectivity index (χ0n) is 20.6. The lowest BCUT2D eigenvalue weighted by Gasteiger charge is -2.32. The highest BCUT2D eigenvalue weighted by molar-refractivity contribution is 6.04. The average molecular weight is 496 g/mol. The first-order chi connectivity index (χ1) is 18.0. The normalized spacial score (nSPS) is 14.4. The van der Waals surface area contributed by atoms with E-state index in [0.29, 0.717) is 22.7 Å². The molecule has 1 N–H and O–H groups in total. The van der Waals surface area contributed by atoms with Crippen molar-refractivity contribution in [1.29, 1.82) is 0 Å². The van der Waals surface area contributed by atoms with Crippen molar-refractivity contribution >= 4 is 34.2 Å². The summed E-state index contributed by atoms with van der Waals surface area (Å²) in [5.74, 6) is -0.187. The molecule has 2 aromatic carbocycles. The first-order valence-electron chi connectivity index (χ1n) is 12.2. The Bertz CT molecular complexity index is 1620. The molecule has 0 radical (unpaired) electrons. The minimum absolute atomic E-state index is 0.120. The van der Waals surface area contributed by atoms with Gasteiger partial charge in [-0.1, -0.05) is 24.3 Å². The third kappa shape index (κ3) is 4.38. The van der Waals surface area contributed by atoms with Crippen LogP contribution in [0.1, 0.15) is 16.1 Å². The Labute approximate surface area is 213 Å². The molecule has 0 aliphatic carbocycles. The van der Waals surface area contributed by atoms with Gasteiger partial charge in [0.2, 0.25) is 5.95 Å². The summed E-state index contributed by atoms with van der Waals surface area (Å²) >= 11 is 0. The minimum Gasteiger partial charge on any atom is -0.338 e. The fraction of sp³-hybridized carbons (Fsp3) is 0.214. The molecule has 186 valence electrons. The SMILES string of the molecule is Cc1cn2c(n1)c(-c1ccc(NC(=O)c3ccccc3)c(F)c1)cc1cnc(N3CCN(C)CC3)nc12. The molecule has 0 atom stereocenters. The highest BCUT2D eigenvalue weighted by atomic mass is 19.1. The third-order valence-electron chi connectivity index (χ3n) is 6.73. The first-order valence-corrected chi connectivity index (χ1v) is 12.2. The number of imidazole rings is 1. The van der Waals surface area contributed by atoms with Crippen molar-refractivity contribution in [1.82, 2.24) is 24.3 Å². The van der Waals surface area contributed by atoms with Crippen LogP contribution in [-0.4, -0.2) is 63.4 Å². The molecule has 1 aliphatic heterocycles. The predicted molar refractivity (Wildman–Crippen MR) is 143 cm³/mol. The van der Waals surface area contributed by atoms with Crippen LogP contribution in [0.4, 0.5) is 16.0 Å². The van der Waals surface area contributed by atoms with Gasteiger partial charge in [0.05, 0.1) is 11.4 Å². The van der Waals surface area contributed by atoms with Gasteiger partial charge in [0.15, 0.2) is 5.65 Å². The van der Waals surface area contributed by atoms with Crippen LogP contribution in [0.2, 0.25) is 0 Å². The Hall–Kier alpha value is -4.37. The first kappa shape index (κ1) is 23.1. The Kier molecular flexibility index (Phi) is 5.77. The molecule has 0 bridgehead atoms. The van der Waals surface area contributed by atoms with Crippen molar-refractivity contribution in [3.05, 3.63) is 84.1 Å². The number of hydrogen-bond acceptors (Lipinski definition) is 6. The van der Waals surface area contributed by atoms with E-state index in [4.69, 9.17) is 9.97 Å². The number of amides is 1. The number of nitrogens with one attached hydrogen (secondary N) is 1. The summed E-state index contributed by atoms with van der Waals surface area (Å²) in [6, 6.07) is 15.5. The number of carbonyl (C=O) groups excluding carboxylic acids is 1. The van der Waals surface area contributed by atoms with Gasteiger partial charge in [0, 0.05) is 55.1 Å². The fourth-order valence-electron chi connectivity index (χ4n) is 4.68. The molecule has 3 aromatic heterocycles. The predicted octanol–water partition coefficient (Wildman–Crippen LogP) is 4.40. The molecular formula is C28H26FN7O. The van der Waals surface area contributed by atoms with E-state index in [1.165, 1.54) is 6.07 Å². The number of hydrogen-bond donors (Lipinski definition) is 1. The maximum Gasteiger partial charge on any atom is 0.255 e. The van der Waals surface area contributed by atoms with E-state index in [1.807, 2.05) is 35.9 Å². The molecule has 0 spiro atoms. The molecule has 4 heterocycles. The van der Waals surface area contributed by atoms with Crippen LogP contribution >= 0.6 is 0 Å². The van der Waals surface area contributed by atoms with E-state index in [0.717, 1.165) is 48.5 Å². The number of fused-ring (bicyclic) bond motifs is 3. The van der Waals surface area contributed by atoms with Gasteiger partial charge in [-0.2, -0.15) is 4.98 Å². The summed E-state index contributed by atoms with van der Waals surface area (Å²) in [4.78, 5) is 31.2. The lowest BCUT2D eigenvalue weighted by atomic mass is 10.0. The summed E-state index contributed by atoms with van der Waals surface area (Å²) in [5.41, 5.74) is 4.28. The Morgan fingerprint density at radius 1 is 0.973 bits per heavy atom. The maximum absolute atomic E-state index is 15.1. The summed E-state index contributed by atoms with van der Waals surface area (Å²) in [6.45, 7) is 5.60. The molecule has 1 amide bonds. The zero-order valence-corrected chi connectivity index (χ0v) is 20.6. The van der Waals surface area contributed by atoms with E-state index in [1.54, 1.807) is 36.4 Å².